The monoisotopic (exact) mass is 829 g/mol. The Bertz CT molecular complexity index is 3690. The van der Waals surface area contributed by atoms with Gasteiger partial charge in [-0.25, -0.2) is 15.0 Å². The molecule has 0 fully saturated rings. The fourth-order valence-corrected chi connectivity index (χ4v) is 9.02. The summed E-state index contributed by atoms with van der Waals surface area (Å²) in [6, 6.07) is 82.9. The molecule has 4 nitrogen and oxygen atoms in total. The average Bonchev–Trinajstić information content (AvgIpc) is 3.78. The standard InChI is InChI=1S/C61H39N3O/c1-3-13-40(14-4-1)43-27-29-45(30-28-43)48-19-9-21-51(38-48)53-23-11-24-54-57-55(25-12-26-56(57)65-58(53)54)61-63-59(46-34-31-44(32-35-46)41-15-5-2-6-16-41)62-60(64-61)52-22-10-20-49(39-52)50-36-33-42-17-7-8-18-47(42)37-50/h1-39H. The van der Waals surface area contributed by atoms with Gasteiger partial charge in [-0.1, -0.05) is 212 Å². The molecular weight excluding hydrogens is 791 g/mol. The van der Waals surface area contributed by atoms with Gasteiger partial charge in [0.05, 0.1) is 0 Å². The predicted octanol–water partition coefficient (Wildman–Crippen LogP) is 16.3. The molecule has 0 radical (unpaired) electrons. The van der Waals surface area contributed by atoms with Crippen LogP contribution < -0.4 is 0 Å². The van der Waals surface area contributed by atoms with Crippen LogP contribution in [0.3, 0.4) is 0 Å². The fourth-order valence-electron chi connectivity index (χ4n) is 9.02. The van der Waals surface area contributed by atoms with Crippen molar-refractivity contribution in [1.82, 2.24) is 15.0 Å². The molecule has 0 aliphatic heterocycles. The maximum absolute atomic E-state index is 6.82. The third kappa shape index (κ3) is 7.23. The van der Waals surface area contributed by atoms with Gasteiger partial charge < -0.3 is 4.42 Å². The van der Waals surface area contributed by atoms with Crippen LogP contribution in [0.1, 0.15) is 0 Å². The Morgan fingerprint density at radius 3 is 1.42 bits per heavy atom. The lowest BCUT2D eigenvalue weighted by Gasteiger charge is -2.11. The summed E-state index contributed by atoms with van der Waals surface area (Å²) in [5, 5.41) is 4.37. The Morgan fingerprint density at radius 1 is 0.262 bits per heavy atom. The van der Waals surface area contributed by atoms with Crippen LogP contribution in [-0.2, 0) is 0 Å². The first-order valence-corrected chi connectivity index (χ1v) is 21.9. The predicted molar refractivity (Wildman–Crippen MR) is 268 cm³/mol. The lowest BCUT2D eigenvalue weighted by atomic mass is 9.96. The zero-order valence-corrected chi connectivity index (χ0v) is 35.3. The quantitative estimate of drug-likeness (QED) is 0.153. The number of hydrogen-bond acceptors (Lipinski definition) is 4. The van der Waals surface area contributed by atoms with Crippen LogP contribution in [0, 0.1) is 0 Å². The zero-order valence-electron chi connectivity index (χ0n) is 35.3. The topological polar surface area (TPSA) is 51.8 Å². The number of aromatic nitrogens is 3. The fraction of sp³-hybridized carbons (Fsp3) is 0. The highest BCUT2D eigenvalue weighted by molar-refractivity contribution is 6.15. The van der Waals surface area contributed by atoms with Crippen molar-refractivity contribution in [2.24, 2.45) is 0 Å². The van der Waals surface area contributed by atoms with Crippen LogP contribution in [0.2, 0.25) is 0 Å². The third-order valence-corrected chi connectivity index (χ3v) is 12.4. The van der Waals surface area contributed by atoms with Crippen molar-refractivity contribution in [1.29, 1.82) is 0 Å². The van der Waals surface area contributed by atoms with Gasteiger partial charge in [-0.15, -0.1) is 0 Å². The first-order chi connectivity index (χ1) is 32.2. The average molecular weight is 830 g/mol. The second kappa shape index (κ2) is 16.2. The van der Waals surface area contributed by atoms with Gasteiger partial charge in [-0.05, 0) is 85.1 Å². The second-order valence-electron chi connectivity index (χ2n) is 16.4. The van der Waals surface area contributed by atoms with Crippen molar-refractivity contribution in [3.05, 3.63) is 237 Å². The van der Waals surface area contributed by atoms with Gasteiger partial charge >= 0.3 is 0 Å². The van der Waals surface area contributed by atoms with Crippen molar-refractivity contribution in [2.45, 2.75) is 0 Å². The third-order valence-electron chi connectivity index (χ3n) is 12.4. The number of benzene rings is 10. The highest BCUT2D eigenvalue weighted by atomic mass is 16.3. The summed E-state index contributed by atoms with van der Waals surface area (Å²) in [4.78, 5) is 15.7. The van der Waals surface area contributed by atoms with Crippen LogP contribution in [0.25, 0.3) is 123 Å². The molecule has 0 unspecified atom stereocenters. The molecule has 12 aromatic rings. The molecule has 304 valence electrons. The van der Waals surface area contributed by atoms with Crippen LogP contribution in [-0.4, -0.2) is 15.0 Å². The van der Waals surface area contributed by atoms with Gasteiger partial charge in [0, 0.05) is 33.0 Å². The lowest BCUT2D eigenvalue weighted by molar-refractivity contribution is 0.670. The van der Waals surface area contributed by atoms with E-state index in [1.165, 1.54) is 21.9 Å². The molecule has 0 aliphatic carbocycles. The molecule has 0 saturated carbocycles. The molecule has 0 saturated heterocycles. The first-order valence-electron chi connectivity index (χ1n) is 21.9. The Kier molecular flexibility index (Phi) is 9.46. The van der Waals surface area contributed by atoms with E-state index in [-0.39, 0.29) is 0 Å². The van der Waals surface area contributed by atoms with E-state index in [1.807, 2.05) is 24.3 Å². The van der Waals surface area contributed by atoms with Crippen LogP contribution in [0.15, 0.2) is 241 Å². The maximum Gasteiger partial charge on any atom is 0.164 e. The number of rotatable bonds is 8. The first kappa shape index (κ1) is 38.0. The number of nitrogens with zero attached hydrogens (tertiary/aromatic N) is 3. The molecule has 10 aromatic carbocycles. The molecule has 0 bridgehead atoms. The normalized spacial score (nSPS) is 11.4. The summed E-state index contributed by atoms with van der Waals surface area (Å²) in [6.07, 6.45) is 0. The summed E-state index contributed by atoms with van der Waals surface area (Å²) in [5.74, 6) is 1.77. The zero-order chi connectivity index (χ0) is 43.1. The second-order valence-corrected chi connectivity index (χ2v) is 16.4. The van der Waals surface area contributed by atoms with Gasteiger partial charge in [0.1, 0.15) is 11.2 Å². The molecule has 2 heterocycles. The van der Waals surface area contributed by atoms with Crippen molar-refractivity contribution in [3.63, 3.8) is 0 Å². The summed E-state index contributed by atoms with van der Waals surface area (Å²) >= 11 is 0. The van der Waals surface area contributed by atoms with E-state index < -0.39 is 0 Å². The Hall–Kier alpha value is -8.73. The van der Waals surface area contributed by atoms with E-state index in [0.29, 0.717) is 17.5 Å². The lowest BCUT2D eigenvalue weighted by Crippen LogP contribution is -2.00. The van der Waals surface area contributed by atoms with Gasteiger partial charge in [0.15, 0.2) is 17.5 Å². The van der Waals surface area contributed by atoms with E-state index in [9.17, 15) is 0 Å². The van der Waals surface area contributed by atoms with E-state index in [1.54, 1.807) is 0 Å². The summed E-state index contributed by atoms with van der Waals surface area (Å²) in [7, 11) is 0. The minimum absolute atomic E-state index is 0.577. The molecule has 65 heavy (non-hydrogen) atoms. The minimum Gasteiger partial charge on any atom is -0.455 e. The molecular formula is C61H39N3O. The SMILES string of the molecule is c1ccc(-c2ccc(-c3cccc(-c4cccc5c4oc4cccc(-c6nc(-c7ccc(-c8ccccc8)cc7)nc(-c7cccc(-c8ccc9ccccc9c8)c7)n6)c45)c3)cc2)cc1. The van der Waals surface area contributed by atoms with Gasteiger partial charge in [-0.2, -0.15) is 0 Å². The van der Waals surface area contributed by atoms with Gasteiger partial charge in [0.25, 0.3) is 0 Å². The molecule has 0 aliphatic rings. The van der Waals surface area contributed by atoms with Crippen LogP contribution in [0.4, 0.5) is 0 Å². The molecule has 12 rings (SSSR count). The van der Waals surface area contributed by atoms with E-state index in [2.05, 4.69) is 212 Å². The highest BCUT2D eigenvalue weighted by Crippen LogP contribution is 2.41. The van der Waals surface area contributed by atoms with Crippen molar-refractivity contribution in [2.75, 3.05) is 0 Å². The molecule has 0 amide bonds. The number of para-hydroxylation sites is 1. The Labute approximate surface area is 376 Å². The van der Waals surface area contributed by atoms with E-state index >= 15 is 0 Å². The van der Waals surface area contributed by atoms with Gasteiger partial charge in [0.2, 0.25) is 0 Å². The summed E-state index contributed by atoms with van der Waals surface area (Å²) in [6.45, 7) is 0. The minimum atomic E-state index is 0.577. The molecule has 0 N–H and O–H groups in total. The van der Waals surface area contributed by atoms with Crippen molar-refractivity contribution in [3.8, 4) is 89.8 Å². The maximum atomic E-state index is 6.82. The van der Waals surface area contributed by atoms with Crippen molar-refractivity contribution < 1.29 is 4.42 Å². The van der Waals surface area contributed by atoms with E-state index in [0.717, 1.165) is 83.1 Å². The highest BCUT2D eigenvalue weighted by Gasteiger charge is 2.20. The number of hydrogen-bond donors (Lipinski definition) is 0. The van der Waals surface area contributed by atoms with E-state index in [4.69, 9.17) is 19.4 Å². The summed E-state index contributed by atoms with van der Waals surface area (Å²) in [5.41, 5.74) is 15.6. The molecule has 0 atom stereocenters. The largest absolute Gasteiger partial charge is 0.455 e. The Morgan fingerprint density at radius 2 is 0.708 bits per heavy atom. The van der Waals surface area contributed by atoms with Crippen molar-refractivity contribution >= 4 is 32.7 Å². The number of furan rings is 1. The number of fused-ring (bicyclic) bond motifs is 4. The van der Waals surface area contributed by atoms with Gasteiger partial charge in [-0.3, -0.25) is 0 Å². The Balaban J connectivity index is 0.973. The molecule has 2 aromatic heterocycles. The van der Waals surface area contributed by atoms with Crippen LogP contribution >= 0.6 is 0 Å². The molecule has 4 heteroatoms. The smallest absolute Gasteiger partial charge is 0.164 e. The molecule has 0 spiro atoms. The van der Waals surface area contributed by atoms with Crippen LogP contribution in [0.5, 0.6) is 0 Å². The summed E-state index contributed by atoms with van der Waals surface area (Å²) < 4.78 is 6.82.